The van der Waals surface area contributed by atoms with Crippen molar-refractivity contribution in [3.8, 4) is 0 Å². The van der Waals surface area contributed by atoms with Gasteiger partial charge in [-0.1, -0.05) is 18.2 Å². The molecule has 132 valence electrons. The fourth-order valence-electron chi connectivity index (χ4n) is 2.76. The summed E-state index contributed by atoms with van der Waals surface area (Å²) in [6.45, 7) is 2.50. The zero-order valence-electron chi connectivity index (χ0n) is 14.2. The minimum Gasteiger partial charge on any atom is -0.332 e. The minimum atomic E-state index is -0.295. The number of thiophene rings is 1. The van der Waals surface area contributed by atoms with E-state index in [0.29, 0.717) is 13.1 Å². The van der Waals surface area contributed by atoms with Gasteiger partial charge in [-0.25, -0.2) is 4.39 Å². The van der Waals surface area contributed by atoms with E-state index >= 15 is 0 Å². The Morgan fingerprint density at radius 1 is 1.16 bits per heavy atom. The fraction of sp³-hybridized carbons (Fsp3) is 0.368. The summed E-state index contributed by atoms with van der Waals surface area (Å²) in [6.07, 6.45) is 1.94. The lowest BCUT2D eigenvalue weighted by Gasteiger charge is -2.27. The molecule has 0 aliphatic heterocycles. The predicted octanol–water partition coefficient (Wildman–Crippen LogP) is 3.43. The maximum atomic E-state index is 13.1. The van der Waals surface area contributed by atoms with Crippen LogP contribution in [-0.2, 0) is 22.7 Å². The van der Waals surface area contributed by atoms with Gasteiger partial charge in [-0.3, -0.25) is 9.59 Å². The van der Waals surface area contributed by atoms with Crippen LogP contribution in [0.2, 0.25) is 0 Å². The first kappa shape index (κ1) is 17.6. The second-order valence-electron chi connectivity index (χ2n) is 6.33. The highest BCUT2D eigenvalue weighted by molar-refractivity contribution is 7.09. The van der Waals surface area contributed by atoms with E-state index in [1.165, 1.54) is 19.1 Å². The molecule has 1 fully saturated rings. The van der Waals surface area contributed by atoms with Gasteiger partial charge in [-0.05, 0) is 42.0 Å². The molecule has 0 radical (unpaired) electrons. The Kier molecular flexibility index (Phi) is 5.48. The first-order valence-corrected chi connectivity index (χ1v) is 9.22. The van der Waals surface area contributed by atoms with Crippen LogP contribution in [0, 0.1) is 5.82 Å². The van der Waals surface area contributed by atoms with E-state index in [2.05, 4.69) is 0 Å². The van der Waals surface area contributed by atoms with E-state index in [1.54, 1.807) is 33.3 Å². The van der Waals surface area contributed by atoms with Crippen LogP contribution >= 0.6 is 11.3 Å². The molecule has 1 heterocycles. The lowest BCUT2D eigenvalue weighted by molar-refractivity contribution is -0.140. The summed E-state index contributed by atoms with van der Waals surface area (Å²) >= 11 is 1.59. The molecular formula is C19H21FN2O2S. The van der Waals surface area contributed by atoms with Crippen LogP contribution < -0.4 is 0 Å². The summed E-state index contributed by atoms with van der Waals surface area (Å²) in [4.78, 5) is 29.1. The third kappa shape index (κ3) is 4.89. The molecule has 1 aromatic carbocycles. The van der Waals surface area contributed by atoms with E-state index in [-0.39, 0.29) is 30.2 Å². The van der Waals surface area contributed by atoms with Crippen LogP contribution in [0.3, 0.4) is 0 Å². The molecule has 3 rings (SSSR count). The van der Waals surface area contributed by atoms with Gasteiger partial charge in [0.15, 0.2) is 0 Å². The maximum absolute atomic E-state index is 13.1. The average molecular weight is 360 g/mol. The van der Waals surface area contributed by atoms with Gasteiger partial charge < -0.3 is 9.80 Å². The molecule has 2 aromatic rings. The fourth-order valence-corrected chi connectivity index (χ4v) is 3.48. The second kappa shape index (κ2) is 7.78. The molecule has 2 amide bonds. The molecule has 0 atom stereocenters. The largest absolute Gasteiger partial charge is 0.332 e. The first-order valence-electron chi connectivity index (χ1n) is 8.35. The molecule has 25 heavy (non-hydrogen) atoms. The van der Waals surface area contributed by atoms with Crippen molar-refractivity contribution >= 4 is 23.2 Å². The van der Waals surface area contributed by atoms with E-state index in [9.17, 15) is 14.0 Å². The Hall–Kier alpha value is -2.21. The molecule has 1 aliphatic rings. The molecular weight excluding hydrogens is 339 g/mol. The summed E-state index contributed by atoms with van der Waals surface area (Å²) in [5.41, 5.74) is 0.868. The SMILES string of the molecule is CC(=O)N(CC(=O)N(Cc1ccc(F)cc1)Cc1cccs1)C1CC1. The average Bonchev–Trinajstić information content (AvgIpc) is 3.29. The number of hydrogen-bond donors (Lipinski definition) is 0. The number of hydrogen-bond acceptors (Lipinski definition) is 3. The van der Waals surface area contributed by atoms with Crippen molar-refractivity contribution in [2.75, 3.05) is 6.54 Å². The topological polar surface area (TPSA) is 40.6 Å². The van der Waals surface area contributed by atoms with Crippen molar-refractivity contribution in [1.82, 2.24) is 9.80 Å². The summed E-state index contributed by atoms with van der Waals surface area (Å²) in [5.74, 6) is -0.440. The van der Waals surface area contributed by atoms with Crippen molar-refractivity contribution in [3.63, 3.8) is 0 Å². The van der Waals surface area contributed by atoms with Gasteiger partial charge >= 0.3 is 0 Å². The number of amides is 2. The van der Waals surface area contributed by atoms with Gasteiger partial charge in [-0.15, -0.1) is 11.3 Å². The van der Waals surface area contributed by atoms with Crippen LogP contribution in [0.25, 0.3) is 0 Å². The van der Waals surface area contributed by atoms with Crippen molar-refractivity contribution in [2.24, 2.45) is 0 Å². The minimum absolute atomic E-state index is 0.0614. The monoisotopic (exact) mass is 360 g/mol. The number of carbonyl (C=O) groups is 2. The van der Waals surface area contributed by atoms with Gasteiger partial charge in [0.2, 0.25) is 11.8 Å². The van der Waals surface area contributed by atoms with Crippen LogP contribution in [0.1, 0.15) is 30.2 Å². The van der Waals surface area contributed by atoms with Gasteiger partial charge in [0.1, 0.15) is 12.4 Å². The van der Waals surface area contributed by atoms with Crippen LogP contribution in [0.15, 0.2) is 41.8 Å². The zero-order chi connectivity index (χ0) is 17.8. The summed E-state index contributed by atoms with van der Waals surface area (Å²) < 4.78 is 13.1. The maximum Gasteiger partial charge on any atom is 0.242 e. The number of carbonyl (C=O) groups excluding carboxylic acids is 2. The lowest BCUT2D eigenvalue weighted by atomic mass is 10.2. The molecule has 1 aromatic heterocycles. The zero-order valence-corrected chi connectivity index (χ0v) is 15.0. The Morgan fingerprint density at radius 2 is 1.88 bits per heavy atom. The predicted molar refractivity (Wildman–Crippen MR) is 95.4 cm³/mol. The Balaban J connectivity index is 1.73. The Morgan fingerprint density at radius 3 is 2.44 bits per heavy atom. The first-order chi connectivity index (χ1) is 12.0. The van der Waals surface area contributed by atoms with Crippen LogP contribution in [0.4, 0.5) is 4.39 Å². The van der Waals surface area contributed by atoms with Gasteiger partial charge in [-0.2, -0.15) is 0 Å². The summed E-state index contributed by atoms with van der Waals surface area (Å²) in [6, 6.07) is 10.3. The van der Waals surface area contributed by atoms with Crippen molar-refractivity contribution in [2.45, 2.75) is 38.9 Å². The molecule has 0 bridgehead atoms. The van der Waals surface area contributed by atoms with E-state index in [4.69, 9.17) is 0 Å². The number of rotatable bonds is 7. The van der Waals surface area contributed by atoms with Crippen LogP contribution in [0.5, 0.6) is 0 Å². The summed E-state index contributed by atoms with van der Waals surface area (Å²) in [7, 11) is 0. The quantitative estimate of drug-likeness (QED) is 0.759. The van der Waals surface area contributed by atoms with E-state index < -0.39 is 0 Å². The molecule has 0 saturated heterocycles. The standard InChI is InChI=1S/C19H21FN2O2S/c1-14(23)22(17-8-9-17)13-19(24)21(12-18-3-2-10-25-18)11-15-4-6-16(20)7-5-15/h2-7,10,17H,8-9,11-13H2,1H3. The van der Waals surface area contributed by atoms with Gasteiger partial charge in [0, 0.05) is 24.4 Å². The molecule has 0 N–H and O–H groups in total. The van der Waals surface area contributed by atoms with Crippen molar-refractivity contribution < 1.29 is 14.0 Å². The number of halogens is 1. The van der Waals surface area contributed by atoms with Crippen molar-refractivity contribution in [1.29, 1.82) is 0 Å². The molecule has 6 heteroatoms. The smallest absolute Gasteiger partial charge is 0.242 e. The number of nitrogens with zero attached hydrogens (tertiary/aromatic N) is 2. The van der Waals surface area contributed by atoms with E-state index in [0.717, 1.165) is 23.3 Å². The number of benzene rings is 1. The highest BCUT2D eigenvalue weighted by atomic mass is 32.1. The summed E-state index contributed by atoms with van der Waals surface area (Å²) in [5, 5.41) is 1.97. The third-order valence-corrected chi connectivity index (χ3v) is 5.13. The second-order valence-corrected chi connectivity index (χ2v) is 7.37. The highest BCUT2D eigenvalue weighted by Crippen LogP contribution is 2.27. The molecule has 0 spiro atoms. The molecule has 4 nitrogen and oxygen atoms in total. The van der Waals surface area contributed by atoms with Gasteiger partial charge in [0.05, 0.1) is 6.54 Å². The lowest BCUT2D eigenvalue weighted by Crippen LogP contribution is -2.42. The highest BCUT2D eigenvalue weighted by Gasteiger charge is 2.33. The molecule has 1 aliphatic carbocycles. The normalized spacial score (nSPS) is 13.5. The van der Waals surface area contributed by atoms with E-state index in [1.807, 2.05) is 17.5 Å². The Labute approximate surface area is 150 Å². The van der Waals surface area contributed by atoms with Crippen LogP contribution in [-0.4, -0.2) is 34.2 Å². The van der Waals surface area contributed by atoms with Gasteiger partial charge in [0.25, 0.3) is 0 Å². The Bertz CT molecular complexity index is 726. The molecule has 1 saturated carbocycles. The molecule has 0 unspecified atom stereocenters. The third-order valence-electron chi connectivity index (χ3n) is 4.26. The van der Waals surface area contributed by atoms with Crippen molar-refractivity contribution in [3.05, 3.63) is 58.0 Å².